The first-order valence-corrected chi connectivity index (χ1v) is 6.38. The van der Waals surface area contributed by atoms with Gasteiger partial charge in [0.05, 0.1) is 6.54 Å². The molecule has 16 heavy (non-hydrogen) atoms. The van der Waals surface area contributed by atoms with Gasteiger partial charge in [-0.3, -0.25) is 0 Å². The molecule has 0 bridgehead atoms. The zero-order valence-electron chi connectivity index (χ0n) is 10.3. The van der Waals surface area contributed by atoms with Gasteiger partial charge in [-0.15, -0.1) is 11.6 Å². The molecule has 0 radical (unpaired) electrons. The van der Waals surface area contributed by atoms with E-state index in [-0.39, 0.29) is 0 Å². The highest BCUT2D eigenvalue weighted by Crippen LogP contribution is 2.05. The van der Waals surface area contributed by atoms with Crippen LogP contribution in [0.15, 0.2) is 6.33 Å². The van der Waals surface area contributed by atoms with E-state index in [1.54, 1.807) is 6.33 Å². The maximum Gasteiger partial charge on any atom is 0.140 e. The molecule has 92 valence electrons. The van der Waals surface area contributed by atoms with Crippen LogP contribution in [0.4, 0.5) is 0 Å². The average Bonchev–Trinajstić information content (AvgIpc) is 2.73. The summed E-state index contributed by atoms with van der Waals surface area (Å²) in [6, 6.07) is 0.393. The maximum atomic E-state index is 5.82. The lowest BCUT2D eigenvalue weighted by molar-refractivity contribution is 0.415. The lowest BCUT2D eigenvalue weighted by atomic mass is 10.1. The second kappa shape index (κ2) is 6.86. The van der Waals surface area contributed by atoms with Crippen LogP contribution in [0.1, 0.15) is 33.0 Å². The summed E-state index contributed by atoms with van der Waals surface area (Å²) in [6.45, 7) is 8.10. The zero-order valence-corrected chi connectivity index (χ0v) is 11.0. The van der Waals surface area contributed by atoms with Crippen LogP contribution in [-0.2, 0) is 13.1 Å². The van der Waals surface area contributed by atoms with Gasteiger partial charge in [0.25, 0.3) is 0 Å². The third-order valence-electron chi connectivity index (χ3n) is 2.81. The first kappa shape index (κ1) is 13.5. The van der Waals surface area contributed by atoms with Gasteiger partial charge in [-0.05, 0) is 19.3 Å². The molecule has 0 saturated heterocycles. The number of aromatic nitrogens is 3. The molecule has 1 N–H and O–H groups in total. The number of rotatable bonds is 7. The van der Waals surface area contributed by atoms with Gasteiger partial charge in [0.2, 0.25) is 0 Å². The minimum absolute atomic E-state index is 0.393. The van der Waals surface area contributed by atoms with Gasteiger partial charge in [-0.25, -0.2) is 9.67 Å². The SMILES string of the molecule is CCCn1ncnc1CNC(C)C(C)CCl. The highest BCUT2D eigenvalue weighted by atomic mass is 35.5. The first-order valence-electron chi connectivity index (χ1n) is 5.85. The van der Waals surface area contributed by atoms with Crippen LogP contribution in [0, 0.1) is 5.92 Å². The Hall–Kier alpha value is -0.610. The Bertz CT molecular complexity index is 300. The van der Waals surface area contributed by atoms with Crippen LogP contribution in [0.3, 0.4) is 0 Å². The second-order valence-corrected chi connectivity index (χ2v) is 4.51. The monoisotopic (exact) mass is 244 g/mol. The van der Waals surface area contributed by atoms with E-state index >= 15 is 0 Å². The number of nitrogens with one attached hydrogen (secondary N) is 1. The van der Waals surface area contributed by atoms with Crippen molar-refractivity contribution in [3.8, 4) is 0 Å². The van der Waals surface area contributed by atoms with Gasteiger partial charge in [0, 0.05) is 18.5 Å². The van der Waals surface area contributed by atoms with Gasteiger partial charge in [0.15, 0.2) is 0 Å². The van der Waals surface area contributed by atoms with E-state index in [2.05, 4.69) is 36.2 Å². The van der Waals surface area contributed by atoms with Crippen molar-refractivity contribution in [3.63, 3.8) is 0 Å². The van der Waals surface area contributed by atoms with Crippen LogP contribution in [0.5, 0.6) is 0 Å². The maximum absolute atomic E-state index is 5.82. The highest BCUT2D eigenvalue weighted by Gasteiger charge is 2.11. The van der Waals surface area contributed by atoms with E-state index in [9.17, 15) is 0 Å². The molecule has 1 rings (SSSR count). The zero-order chi connectivity index (χ0) is 12.0. The van der Waals surface area contributed by atoms with Gasteiger partial charge in [-0.1, -0.05) is 13.8 Å². The molecule has 1 aromatic rings. The standard InChI is InChI=1S/C11H21ClN4/c1-4-5-16-11(14-8-15-16)7-13-10(3)9(2)6-12/h8-10,13H,4-7H2,1-3H3. The smallest absolute Gasteiger partial charge is 0.140 e. The fraction of sp³-hybridized carbons (Fsp3) is 0.818. The van der Waals surface area contributed by atoms with Crippen LogP contribution in [0.25, 0.3) is 0 Å². The summed E-state index contributed by atoms with van der Waals surface area (Å²) in [7, 11) is 0. The minimum Gasteiger partial charge on any atom is -0.307 e. The number of alkyl halides is 1. The van der Waals surface area contributed by atoms with Gasteiger partial charge >= 0.3 is 0 Å². The molecular formula is C11H21ClN4. The summed E-state index contributed by atoms with van der Waals surface area (Å²) in [5.41, 5.74) is 0. The molecule has 0 aliphatic heterocycles. The van der Waals surface area contributed by atoms with Crippen molar-refractivity contribution in [2.75, 3.05) is 5.88 Å². The number of aryl methyl sites for hydroxylation is 1. The number of nitrogens with zero attached hydrogens (tertiary/aromatic N) is 3. The van der Waals surface area contributed by atoms with E-state index in [0.717, 1.165) is 25.3 Å². The predicted molar refractivity (Wildman–Crippen MR) is 66.5 cm³/mol. The number of hydrogen-bond acceptors (Lipinski definition) is 3. The molecular weight excluding hydrogens is 224 g/mol. The van der Waals surface area contributed by atoms with Crippen LogP contribution < -0.4 is 5.32 Å². The van der Waals surface area contributed by atoms with Gasteiger partial charge < -0.3 is 5.32 Å². The Morgan fingerprint density at radius 3 is 2.88 bits per heavy atom. The van der Waals surface area contributed by atoms with Crippen molar-refractivity contribution >= 4 is 11.6 Å². The lowest BCUT2D eigenvalue weighted by Gasteiger charge is -2.18. The Kier molecular flexibility index (Phi) is 5.77. The van der Waals surface area contributed by atoms with Crippen molar-refractivity contribution in [1.82, 2.24) is 20.1 Å². The van der Waals surface area contributed by atoms with Crippen molar-refractivity contribution in [2.45, 2.75) is 46.3 Å². The quantitative estimate of drug-likeness (QED) is 0.747. The van der Waals surface area contributed by atoms with Crippen LogP contribution in [-0.4, -0.2) is 26.7 Å². The Morgan fingerprint density at radius 2 is 2.25 bits per heavy atom. The summed E-state index contributed by atoms with van der Waals surface area (Å²) in [5, 5.41) is 7.62. The normalized spacial score (nSPS) is 15.0. The van der Waals surface area contributed by atoms with Crippen LogP contribution in [0.2, 0.25) is 0 Å². The molecule has 0 spiro atoms. The summed E-state index contributed by atoms with van der Waals surface area (Å²) < 4.78 is 1.95. The van der Waals surface area contributed by atoms with E-state index in [1.807, 2.05) is 4.68 Å². The summed E-state index contributed by atoms with van der Waals surface area (Å²) in [6.07, 6.45) is 2.69. The van der Waals surface area contributed by atoms with Crippen molar-refractivity contribution in [3.05, 3.63) is 12.2 Å². The first-order chi connectivity index (χ1) is 7.69. The fourth-order valence-corrected chi connectivity index (χ4v) is 1.68. The third-order valence-corrected chi connectivity index (χ3v) is 3.30. The largest absolute Gasteiger partial charge is 0.307 e. The molecule has 0 amide bonds. The number of halogens is 1. The molecule has 1 aromatic heterocycles. The Balaban J connectivity index is 2.44. The summed E-state index contributed by atoms with van der Waals surface area (Å²) in [5.74, 6) is 2.13. The van der Waals surface area contributed by atoms with E-state index in [4.69, 9.17) is 11.6 Å². The summed E-state index contributed by atoms with van der Waals surface area (Å²) in [4.78, 5) is 4.25. The third kappa shape index (κ3) is 3.76. The predicted octanol–water partition coefficient (Wildman–Crippen LogP) is 2.04. The number of hydrogen-bond donors (Lipinski definition) is 1. The molecule has 2 unspecified atom stereocenters. The molecule has 0 aromatic carbocycles. The molecule has 0 fully saturated rings. The molecule has 4 nitrogen and oxygen atoms in total. The van der Waals surface area contributed by atoms with Gasteiger partial charge in [-0.2, -0.15) is 5.10 Å². The van der Waals surface area contributed by atoms with Crippen molar-refractivity contribution in [2.24, 2.45) is 5.92 Å². The molecule has 5 heteroatoms. The molecule has 0 aliphatic carbocycles. The minimum atomic E-state index is 0.393. The van der Waals surface area contributed by atoms with Gasteiger partial charge in [0.1, 0.15) is 12.2 Å². The van der Waals surface area contributed by atoms with Crippen LogP contribution >= 0.6 is 11.6 Å². The molecule has 0 aliphatic rings. The summed E-state index contributed by atoms with van der Waals surface area (Å²) >= 11 is 5.82. The Labute approximate surface area is 102 Å². The van der Waals surface area contributed by atoms with E-state index < -0.39 is 0 Å². The second-order valence-electron chi connectivity index (χ2n) is 4.20. The van der Waals surface area contributed by atoms with E-state index in [0.29, 0.717) is 17.8 Å². The highest BCUT2D eigenvalue weighted by molar-refractivity contribution is 6.18. The molecule has 0 saturated carbocycles. The average molecular weight is 245 g/mol. The molecule has 2 atom stereocenters. The lowest BCUT2D eigenvalue weighted by Crippen LogP contribution is -2.33. The van der Waals surface area contributed by atoms with Crippen molar-refractivity contribution < 1.29 is 0 Å². The fourth-order valence-electron chi connectivity index (χ4n) is 1.41. The molecule has 1 heterocycles. The van der Waals surface area contributed by atoms with Crippen molar-refractivity contribution in [1.29, 1.82) is 0 Å². The van der Waals surface area contributed by atoms with E-state index in [1.165, 1.54) is 0 Å². The topological polar surface area (TPSA) is 42.7 Å². The Morgan fingerprint density at radius 1 is 1.50 bits per heavy atom.